The highest BCUT2D eigenvalue weighted by Crippen LogP contribution is 2.20. The van der Waals surface area contributed by atoms with Gasteiger partial charge in [0.05, 0.1) is 12.8 Å². The van der Waals surface area contributed by atoms with Gasteiger partial charge in [-0.1, -0.05) is 11.6 Å². The van der Waals surface area contributed by atoms with Gasteiger partial charge in [0.25, 0.3) is 0 Å². The van der Waals surface area contributed by atoms with Crippen molar-refractivity contribution >= 4 is 17.4 Å². The van der Waals surface area contributed by atoms with Crippen molar-refractivity contribution < 1.29 is 4.42 Å². The quantitative estimate of drug-likeness (QED) is 0.801. The second-order valence-electron chi connectivity index (χ2n) is 3.11. The number of halogens is 1. The summed E-state index contributed by atoms with van der Waals surface area (Å²) in [6.07, 6.45) is 4.81. The van der Waals surface area contributed by atoms with Gasteiger partial charge in [-0.15, -0.1) is 0 Å². The fraction of sp³-hybridized carbons (Fsp3) is 0.200. The zero-order valence-electron chi connectivity index (χ0n) is 8.22. The van der Waals surface area contributed by atoms with Crippen LogP contribution in [0.2, 0.25) is 5.15 Å². The topological polar surface area (TPSA) is 42.2 Å². The third-order valence-corrected chi connectivity index (χ3v) is 2.24. The van der Waals surface area contributed by atoms with Crippen molar-refractivity contribution in [2.24, 2.45) is 0 Å². The predicted octanol–water partition coefficient (Wildman–Crippen LogP) is 2.36. The van der Waals surface area contributed by atoms with Gasteiger partial charge in [-0.2, -0.15) is 0 Å². The van der Waals surface area contributed by atoms with Crippen molar-refractivity contribution in [3.63, 3.8) is 0 Å². The summed E-state index contributed by atoms with van der Waals surface area (Å²) in [6, 6.07) is 3.75. The first-order valence-electron chi connectivity index (χ1n) is 4.47. The molecule has 0 saturated heterocycles. The first-order chi connectivity index (χ1) is 7.27. The van der Waals surface area contributed by atoms with Gasteiger partial charge in [0, 0.05) is 19.4 Å². The molecule has 0 aromatic carbocycles. The van der Waals surface area contributed by atoms with Crippen molar-refractivity contribution in [2.75, 3.05) is 11.9 Å². The third-order valence-electron chi connectivity index (χ3n) is 1.97. The molecule has 0 bridgehead atoms. The Labute approximate surface area is 92.5 Å². The van der Waals surface area contributed by atoms with Crippen molar-refractivity contribution in [3.8, 4) is 0 Å². The maximum absolute atomic E-state index is 5.91. The lowest BCUT2D eigenvalue weighted by Crippen LogP contribution is -2.17. The van der Waals surface area contributed by atoms with Crippen molar-refractivity contribution in [2.45, 2.75) is 6.54 Å². The van der Waals surface area contributed by atoms with E-state index in [9.17, 15) is 0 Å². The predicted molar refractivity (Wildman–Crippen MR) is 57.9 cm³/mol. The molecule has 5 heteroatoms. The van der Waals surface area contributed by atoms with E-state index in [4.69, 9.17) is 16.0 Å². The molecule has 0 aliphatic rings. The smallest absolute Gasteiger partial charge is 0.171 e. The highest BCUT2D eigenvalue weighted by atomic mass is 35.5. The lowest BCUT2D eigenvalue weighted by Gasteiger charge is -2.16. The van der Waals surface area contributed by atoms with E-state index in [1.807, 2.05) is 24.1 Å². The van der Waals surface area contributed by atoms with Gasteiger partial charge in [-0.3, -0.25) is 0 Å². The van der Waals surface area contributed by atoms with Gasteiger partial charge >= 0.3 is 0 Å². The molecular formula is C10H10ClN3O. The number of furan rings is 1. The van der Waals surface area contributed by atoms with Crippen molar-refractivity contribution in [1.29, 1.82) is 0 Å². The van der Waals surface area contributed by atoms with Crippen LogP contribution < -0.4 is 4.90 Å². The fourth-order valence-corrected chi connectivity index (χ4v) is 1.53. The Hall–Kier alpha value is -1.55. The SMILES string of the molecule is CN(Cc1ccco1)c1nccnc1Cl. The van der Waals surface area contributed by atoms with E-state index in [2.05, 4.69) is 9.97 Å². The van der Waals surface area contributed by atoms with Crippen molar-refractivity contribution in [1.82, 2.24) is 9.97 Å². The molecule has 0 aliphatic carbocycles. The van der Waals surface area contributed by atoms with Crippen LogP contribution in [0.3, 0.4) is 0 Å². The highest BCUT2D eigenvalue weighted by Gasteiger charge is 2.09. The first-order valence-corrected chi connectivity index (χ1v) is 4.85. The van der Waals surface area contributed by atoms with Crippen LogP contribution in [0.5, 0.6) is 0 Å². The van der Waals surface area contributed by atoms with Crippen LogP contribution in [0.15, 0.2) is 35.2 Å². The molecule has 0 radical (unpaired) electrons. The van der Waals surface area contributed by atoms with Gasteiger partial charge < -0.3 is 9.32 Å². The lowest BCUT2D eigenvalue weighted by atomic mass is 10.4. The van der Waals surface area contributed by atoms with E-state index < -0.39 is 0 Å². The molecule has 0 atom stereocenters. The van der Waals surface area contributed by atoms with Gasteiger partial charge in [0.2, 0.25) is 0 Å². The zero-order valence-corrected chi connectivity index (χ0v) is 8.98. The summed E-state index contributed by atoms with van der Waals surface area (Å²) in [5.41, 5.74) is 0. The molecule has 2 aromatic heterocycles. The molecule has 4 nitrogen and oxygen atoms in total. The second kappa shape index (κ2) is 4.31. The number of rotatable bonds is 3. The monoisotopic (exact) mass is 223 g/mol. The number of nitrogens with zero attached hydrogens (tertiary/aromatic N) is 3. The molecule has 2 aromatic rings. The minimum Gasteiger partial charge on any atom is -0.467 e. The Bertz CT molecular complexity index is 430. The number of aromatic nitrogens is 2. The average Bonchev–Trinajstić information content (AvgIpc) is 2.71. The molecule has 0 spiro atoms. The summed E-state index contributed by atoms with van der Waals surface area (Å²) in [5, 5.41) is 0.395. The maximum atomic E-state index is 5.91. The van der Waals surface area contributed by atoms with Crippen LogP contribution in [0, 0.1) is 0 Å². The minimum absolute atomic E-state index is 0.395. The molecule has 78 valence electrons. The van der Waals surface area contributed by atoms with E-state index in [0.29, 0.717) is 17.5 Å². The lowest BCUT2D eigenvalue weighted by molar-refractivity contribution is 0.507. The van der Waals surface area contributed by atoms with Crippen molar-refractivity contribution in [3.05, 3.63) is 41.7 Å². The molecule has 0 saturated carbocycles. The molecule has 2 rings (SSSR count). The molecule has 0 fully saturated rings. The van der Waals surface area contributed by atoms with Crippen LogP contribution >= 0.6 is 11.6 Å². The Morgan fingerprint density at radius 3 is 2.87 bits per heavy atom. The van der Waals surface area contributed by atoms with E-state index in [0.717, 1.165) is 5.76 Å². The Morgan fingerprint density at radius 1 is 1.40 bits per heavy atom. The van der Waals surface area contributed by atoms with E-state index in [1.165, 1.54) is 0 Å². The second-order valence-corrected chi connectivity index (χ2v) is 3.46. The third kappa shape index (κ3) is 2.27. The zero-order chi connectivity index (χ0) is 10.7. The van der Waals surface area contributed by atoms with Crippen LogP contribution in [-0.2, 0) is 6.54 Å². The summed E-state index contributed by atoms with van der Waals surface area (Å²) in [4.78, 5) is 9.99. The fourth-order valence-electron chi connectivity index (χ4n) is 1.28. The summed E-state index contributed by atoms with van der Waals surface area (Å²) in [7, 11) is 1.89. The average molecular weight is 224 g/mol. The summed E-state index contributed by atoms with van der Waals surface area (Å²) < 4.78 is 5.23. The van der Waals surface area contributed by atoms with Crippen LogP contribution in [0.4, 0.5) is 5.82 Å². The standard InChI is InChI=1S/C10H10ClN3O/c1-14(7-8-3-2-6-15-8)10-9(11)12-4-5-13-10/h2-6H,7H2,1H3. The summed E-state index contributed by atoms with van der Waals surface area (Å²) in [6.45, 7) is 0.616. The normalized spacial score (nSPS) is 10.3. The van der Waals surface area contributed by atoms with E-state index in [1.54, 1.807) is 18.7 Å². The number of hydrogen-bond acceptors (Lipinski definition) is 4. The molecule has 2 heterocycles. The molecule has 15 heavy (non-hydrogen) atoms. The first kappa shape index (κ1) is 9.98. The minimum atomic E-state index is 0.395. The van der Waals surface area contributed by atoms with Gasteiger partial charge in [-0.05, 0) is 12.1 Å². The number of anilines is 1. The van der Waals surface area contributed by atoms with Gasteiger partial charge in [0.1, 0.15) is 5.76 Å². The highest BCUT2D eigenvalue weighted by molar-refractivity contribution is 6.31. The van der Waals surface area contributed by atoms with Gasteiger partial charge in [0.15, 0.2) is 11.0 Å². The van der Waals surface area contributed by atoms with E-state index in [-0.39, 0.29) is 0 Å². The maximum Gasteiger partial charge on any atom is 0.171 e. The molecule has 0 unspecified atom stereocenters. The molecule has 0 aliphatic heterocycles. The summed E-state index contributed by atoms with van der Waals surface area (Å²) >= 11 is 5.91. The molecule has 0 amide bonds. The largest absolute Gasteiger partial charge is 0.467 e. The molecule has 0 N–H and O–H groups in total. The Kier molecular flexibility index (Phi) is 2.87. The molecular weight excluding hydrogens is 214 g/mol. The Balaban J connectivity index is 2.15. The van der Waals surface area contributed by atoms with E-state index >= 15 is 0 Å². The van der Waals surface area contributed by atoms with Gasteiger partial charge in [-0.25, -0.2) is 9.97 Å². The number of hydrogen-bond donors (Lipinski definition) is 0. The Morgan fingerprint density at radius 2 is 2.20 bits per heavy atom. The van der Waals surface area contributed by atoms with Crippen LogP contribution in [-0.4, -0.2) is 17.0 Å². The summed E-state index contributed by atoms with van der Waals surface area (Å²) in [5.74, 6) is 1.51. The van der Waals surface area contributed by atoms with Crippen LogP contribution in [0.25, 0.3) is 0 Å². The van der Waals surface area contributed by atoms with Crippen LogP contribution in [0.1, 0.15) is 5.76 Å².